The Bertz CT molecular complexity index is 838. The highest BCUT2D eigenvalue weighted by Crippen LogP contribution is 2.23. The van der Waals surface area contributed by atoms with E-state index in [1.165, 1.54) is 16.9 Å². The van der Waals surface area contributed by atoms with Gasteiger partial charge in [0.25, 0.3) is 0 Å². The van der Waals surface area contributed by atoms with Crippen LogP contribution in [0.25, 0.3) is 0 Å². The number of rotatable bonds is 6. The molecule has 1 fully saturated rings. The van der Waals surface area contributed by atoms with Crippen molar-refractivity contribution in [3.8, 4) is 5.75 Å². The van der Waals surface area contributed by atoms with Crippen molar-refractivity contribution in [3.63, 3.8) is 0 Å². The van der Waals surface area contributed by atoms with Crippen LogP contribution in [0.3, 0.4) is 0 Å². The molecule has 1 aliphatic heterocycles. The summed E-state index contributed by atoms with van der Waals surface area (Å²) in [5.74, 6) is -1.10. The van der Waals surface area contributed by atoms with Crippen LogP contribution in [-0.2, 0) is 20.9 Å². The highest BCUT2D eigenvalue weighted by Gasteiger charge is 2.33. The third-order valence-corrected chi connectivity index (χ3v) is 4.33. The molecule has 3 amide bonds. The Labute approximate surface area is 157 Å². The van der Waals surface area contributed by atoms with Gasteiger partial charge in [0, 0.05) is 19.6 Å². The number of carbonyl (C=O) groups excluding carboxylic acids is 3. The van der Waals surface area contributed by atoms with Crippen molar-refractivity contribution >= 4 is 23.4 Å². The lowest BCUT2D eigenvalue weighted by atomic mass is 10.2. The van der Waals surface area contributed by atoms with E-state index in [1.807, 2.05) is 30.3 Å². The number of hydrogen-bond acceptors (Lipinski definition) is 4. The maximum absolute atomic E-state index is 12.4. The standard InChI is InChI=1S/C20H21N3O4/c1-27-17-10-6-5-9-16(17)21-18(24)14-23-12-11-22(19(25)20(23)26)13-15-7-3-2-4-8-15/h2-10H,11-14H2,1H3,(H,21,24). The topological polar surface area (TPSA) is 79.0 Å². The first-order chi connectivity index (χ1) is 13.1. The van der Waals surface area contributed by atoms with Gasteiger partial charge in [-0.15, -0.1) is 0 Å². The third kappa shape index (κ3) is 4.44. The van der Waals surface area contributed by atoms with Crippen molar-refractivity contribution in [2.75, 3.05) is 32.1 Å². The number of benzene rings is 2. The summed E-state index contributed by atoms with van der Waals surface area (Å²) < 4.78 is 5.19. The van der Waals surface area contributed by atoms with Crippen molar-refractivity contribution in [2.24, 2.45) is 0 Å². The summed E-state index contributed by atoms with van der Waals surface area (Å²) in [7, 11) is 1.51. The molecule has 3 rings (SSSR count). The average Bonchev–Trinajstić information content (AvgIpc) is 2.69. The smallest absolute Gasteiger partial charge is 0.312 e. The predicted octanol–water partition coefficient (Wildman–Crippen LogP) is 1.50. The number of ether oxygens (including phenoxy) is 1. The van der Waals surface area contributed by atoms with Crippen LogP contribution >= 0.6 is 0 Å². The maximum Gasteiger partial charge on any atom is 0.312 e. The molecule has 140 valence electrons. The molecule has 27 heavy (non-hydrogen) atoms. The molecule has 0 spiro atoms. The van der Waals surface area contributed by atoms with Crippen molar-refractivity contribution < 1.29 is 19.1 Å². The van der Waals surface area contributed by atoms with Gasteiger partial charge in [0.1, 0.15) is 12.3 Å². The Hall–Kier alpha value is -3.35. The van der Waals surface area contributed by atoms with Gasteiger partial charge in [-0.25, -0.2) is 0 Å². The molecule has 2 aromatic carbocycles. The number of hydrogen-bond donors (Lipinski definition) is 1. The molecule has 2 aromatic rings. The highest BCUT2D eigenvalue weighted by atomic mass is 16.5. The Morgan fingerprint density at radius 2 is 1.59 bits per heavy atom. The normalized spacial score (nSPS) is 14.3. The summed E-state index contributed by atoms with van der Waals surface area (Å²) in [5.41, 5.74) is 1.48. The first-order valence-electron chi connectivity index (χ1n) is 8.63. The molecule has 1 heterocycles. The van der Waals surface area contributed by atoms with E-state index in [9.17, 15) is 14.4 Å². The van der Waals surface area contributed by atoms with Crippen LogP contribution in [0.2, 0.25) is 0 Å². The molecule has 7 nitrogen and oxygen atoms in total. The molecule has 0 bridgehead atoms. The van der Waals surface area contributed by atoms with Gasteiger partial charge in [-0.3, -0.25) is 14.4 Å². The Morgan fingerprint density at radius 1 is 0.963 bits per heavy atom. The molecule has 0 aromatic heterocycles. The van der Waals surface area contributed by atoms with Gasteiger partial charge in [-0.05, 0) is 17.7 Å². The Morgan fingerprint density at radius 3 is 2.33 bits per heavy atom. The molecule has 0 aliphatic carbocycles. The lowest BCUT2D eigenvalue weighted by molar-refractivity contribution is -0.157. The van der Waals surface area contributed by atoms with E-state index in [-0.39, 0.29) is 12.5 Å². The molecule has 1 aliphatic rings. The number of methoxy groups -OCH3 is 1. The first-order valence-corrected chi connectivity index (χ1v) is 8.63. The molecular weight excluding hydrogens is 346 g/mol. The van der Waals surface area contributed by atoms with E-state index in [1.54, 1.807) is 24.3 Å². The minimum Gasteiger partial charge on any atom is -0.495 e. The van der Waals surface area contributed by atoms with Gasteiger partial charge in [0.15, 0.2) is 0 Å². The SMILES string of the molecule is COc1ccccc1NC(=O)CN1CCN(Cc2ccccc2)C(=O)C1=O. The fraction of sp³-hybridized carbons (Fsp3) is 0.250. The van der Waals surface area contributed by atoms with Gasteiger partial charge >= 0.3 is 11.8 Å². The average molecular weight is 367 g/mol. The summed E-state index contributed by atoms with van der Waals surface area (Å²) in [6.07, 6.45) is 0. The fourth-order valence-corrected chi connectivity index (χ4v) is 2.93. The second-order valence-electron chi connectivity index (χ2n) is 6.19. The fourth-order valence-electron chi connectivity index (χ4n) is 2.93. The second-order valence-corrected chi connectivity index (χ2v) is 6.19. The van der Waals surface area contributed by atoms with Crippen LogP contribution in [0.5, 0.6) is 5.75 Å². The Balaban J connectivity index is 1.58. The van der Waals surface area contributed by atoms with E-state index in [4.69, 9.17) is 4.74 Å². The number of amides is 3. The minimum atomic E-state index is -0.660. The number of piperazine rings is 1. The van der Waals surface area contributed by atoms with Crippen molar-refractivity contribution in [2.45, 2.75) is 6.54 Å². The molecule has 7 heteroatoms. The van der Waals surface area contributed by atoms with Crippen LogP contribution in [0, 0.1) is 0 Å². The van der Waals surface area contributed by atoms with E-state index in [0.717, 1.165) is 5.56 Å². The predicted molar refractivity (Wildman–Crippen MR) is 100 cm³/mol. The van der Waals surface area contributed by atoms with Gasteiger partial charge in [-0.2, -0.15) is 0 Å². The molecule has 0 saturated carbocycles. The highest BCUT2D eigenvalue weighted by molar-refractivity contribution is 6.35. The number of nitrogens with zero attached hydrogens (tertiary/aromatic N) is 2. The summed E-state index contributed by atoms with van der Waals surface area (Å²) in [4.78, 5) is 39.8. The maximum atomic E-state index is 12.4. The molecular formula is C20H21N3O4. The quantitative estimate of drug-likeness (QED) is 0.785. The number of nitrogens with one attached hydrogen (secondary N) is 1. The zero-order valence-corrected chi connectivity index (χ0v) is 15.1. The molecule has 0 unspecified atom stereocenters. The van der Waals surface area contributed by atoms with Crippen molar-refractivity contribution in [3.05, 3.63) is 60.2 Å². The van der Waals surface area contributed by atoms with Gasteiger partial charge in [-0.1, -0.05) is 42.5 Å². The summed E-state index contributed by atoms with van der Waals surface area (Å²) in [5, 5.41) is 2.71. The summed E-state index contributed by atoms with van der Waals surface area (Å²) >= 11 is 0. The van der Waals surface area contributed by atoms with Crippen molar-refractivity contribution in [1.29, 1.82) is 0 Å². The number of anilines is 1. The number of para-hydroxylation sites is 2. The second kappa shape index (κ2) is 8.35. The molecule has 1 N–H and O–H groups in total. The molecule has 0 radical (unpaired) electrons. The van der Waals surface area contributed by atoms with Gasteiger partial charge in [0.2, 0.25) is 5.91 Å². The van der Waals surface area contributed by atoms with Crippen LogP contribution in [0.1, 0.15) is 5.56 Å². The third-order valence-electron chi connectivity index (χ3n) is 4.33. The van der Waals surface area contributed by atoms with E-state index in [0.29, 0.717) is 31.1 Å². The zero-order chi connectivity index (χ0) is 19.2. The van der Waals surface area contributed by atoms with Crippen LogP contribution in [-0.4, -0.2) is 54.3 Å². The van der Waals surface area contributed by atoms with E-state index >= 15 is 0 Å². The number of carbonyl (C=O) groups is 3. The van der Waals surface area contributed by atoms with E-state index in [2.05, 4.69) is 5.32 Å². The van der Waals surface area contributed by atoms with Gasteiger partial charge in [0.05, 0.1) is 12.8 Å². The summed E-state index contributed by atoms with van der Waals surface area (Å²) in [6.45, 7) is 0.909. The van der Waals surface area contributed by atoms with Crippen LogP contribution in [0.4, 0.5) is 5.69 Å². The largest absolute Gasteiger partial charge is 0.495 e. The van der Waals surface area contributed by atoms with Crippen molar-refractivity contribution in [1.82, 2.24) is 9.80 Å². The van der Waals surface area contributed by atoms with E-state index < -0.39 is 11.8 Å². The first kappa shape index (κ1) is 18.4. The monoisotopic (exact) mass is 367 g/mol. The van der Waals surface area contributed by atoms with Gasteiger partial charge < -0.3 is 19.9 Å². The Kier molecular flexibility index (Phi) is 5.71. The summed E-state index contributed by atoms with van der Waals surface area (Å²) in [6, 6.07) is 16.5. The van der Waals surface area contributed by atoms with Crippen LogP contribution < -0.4 is 10.1 Å². The lowest BCUT2D eigenvalue weighted by Gasteiger charge is -2.33. The zero-order valence-electron chi connectivity index (χ0n) is 15.1. The molecule has 1 saturated heterocycles. The van der Waals surface area contributed by atoms with Crippen LogP contribution in [0.15, 0.2) is 54.6 Å². The minimum absolute atomic E-state index is 0.179. The molecule has 0 atom stereocenters. The lowest BCUT2D eigenvalue weighted by Crippen LogP contribution is -2.55.